The zero-order valence-corrected chi connectivity index (χ0v) is 10.1. The van der Waals surface area contributed by atoms with Gasteiger partial charge in [-0.25, -0.2) is 0 Å². The highest BCUT2D eigenvalue weighted by molar-refractivity contribution is 7.59. The summed E-state index contributed by atoms with van der Waals surface area (Å²) in [5, 5.41) is 8.86. The predicted molar refractivity (Wildman–Crippen MR) is 67.0 cm³/mol. The lowest BCUT2D eigenvalue weighted by molar-refractivity contribution is -0.137. The lowest BCUT2D eigenvalue weighted by Crippen LogP contribution is -2.07. The fourth-order valence-electron chi connectivity index (χ4n) is 1.92. The first kappa shape index (κ1) is 13.0. The molecule has 0 aliphatic heterocycles. The van der Waals surface area contributed by atoms with E-state index >= 15 is 0 Å². The van der Waals surface area contributed by atoms with E-state index in [4.69, 9.17) is 5.11 Å². The summed E-state index contributed by atoms with van der Waals surface area (Å²) < 4.78 is 0. The highest BCUT2D eigenvalue weighted by Crippen LogP contribution is 2.39. The van der Waals surface area contributed by atoms with Crippen molar-refractivity contribution in [3.05, 3.63) is 30.1 Å². The molecular weight excluding hydrogens is 222 g/mol. The molecule has 1 saturated carbocycles. The van der Waals surface area contributed by atoms with Crippen molar-refractivity contribution in [2.45, 2.75) is 31.6 Å². The molecule has 0 saturated heterocycles. The molecule has 1 atom stereocenters. The van der Waals surface area contributed by atoms with Crippen molar-refractivity contribution in [1.29, 1.82) is 0 Å². The summed E-state index contributed by atoms with van der Waals surface area (Å²) in [5.74, 6) is 0.169. The molecule has 1 heterocycles. The first-order valence-electron chi connectivity index (χ1n) is 5.37. The predicted octanol–water partition coefficient (Wildman–Crippen LogP) is 2.55. The SMILES string of the molecule is O=C(O)C[C@H](CC1CC1)c1cccnc1.S. The van der Waals surface area contributed by atoms with Crippen molar-refractivity contribution in [2.24, 2.45) is 5.92 Å². The largest absolute Gasteiger partial charge is 0.481 e. The average molecular weight is 239 g/mol. The van der Waals surface area contributed by atoms with Crippen LogP contribution in [0.1, 0.15) is 37.2 Å². The number of aliphatic carboxylic acids is 1. The molecule has 1 aliphatic rings. The molecular formula is C12H17NO2S. The van der Waals surface area contributed by atoms with Gasteiger partial charge in [0.25, 0.3) is 0 Å². The van der Waals surface area contributed by atoms with E-state index in [9.17, 15) is 4.79 Å². The van der Waals surface area contributed by atoms with E-state index in [0.29, 0.717) is 0 Å². The van der Waals surface area contributed by atoms with Gasteiger partial charge in [-0.3, -0.25) is 9.78 Å². The van der Waals surface area contributed by atoms with Gasteiger partial charge in [0.1, 0.15) is 0 Å². The van der Waals surface area contributed by atoms with Crippen LogP contribution >= 0.6 is 13.5 Å². The first-order chi connectivity index (χ1) is 7.25. The van der Waals surface area contributed by atoms with Gasteiger partial charge in [-0.05, 0) is 29.9 Å². The molecule has 2 rings (SSSR count). The molecule has 0 unspecified atom stereocenters. The number of pyridine rings is 1. The van der Waals surface area contributed by atoms with E-state index in [1.165, 1.54) is 12.8 Å². The molecule has 4 heteroatoms. The molecule has 16 heavy (non-hydrogen) atoms. The molecule has 0 radical (unpaired) electrons. The average Bonchev–Trinajstić information content (AvgIpc) is 3.01. The summed E-state index contributed by atoms with van der Waals surface area (Å²) in [4.78, 5) is 14.8. The number of nitrogens with zero attached hydrogens (tertiary/aromatic N) is 1. The third kappa shape index (κ3) is 3.85. The van der Waals surface area contributed by atoms with Crippen LogP contribution in [-0.4, -0.2) is 16.1 Å². The molecule has 0 bridgehead atoms. The van der Waals surface area contributed by atoms with Crippen LogP contribution in [0.5, 0.6) is 0 Å². The Morgan fingerprint density at radius 2 is 2.31 bits per heavy atom. The van der Waals surface area contributed by atoms with Gasteiger partial charge in [-0.15, -0.1) is 0 Å². The van der Waals surface area contributed by atoms with Crippen LogP contribution in [0.3, 0.4) is 0 Å². The van der Waals surface area contributed by atoms with Crippen molar-refractivity contribution < 1.29 is 9.90 Å². The number of aromatic nitrogens is 1. The summed E-state index contributed by atoms with van der Waals surface area (Å²) in [7, 11) is 0. The van der Waals surface area contributed by atoms with Crippen molar-refractivity contribution >= 4 is 19.5 Å². The fraction of sp³-hybridized carbons (Fsp3) is 0.500. The number of carboxylic acid groups (broad SMARTS) is 1. The quantitative estimate of drug-likeness (QED) is 0.859. The highest BCUT2D eigenvalue weighted by Gasteiger charge is 2.27. The van der Waals surface area contributed by atoms with Crippen molar-refractivity contribution in [3.8, 4) is 0 Å². The van der Waals surface area contributed by atoms with Crippen LogP contribution in [0.4, 0.5) is 0 Å². The maximum atomic E-state index is 10.8. The Hall–Kier alpha value is -1.03. The summed E-state index contributed by atoms with van der Waals surface area (Å²) in [6, 6.07) is 3.85. The van der Waals surface area contributed by atoms with Crippen molar-refractivity contribution in [1.82, 2.24) is 4.98 Å². The van der Waals surface area contributed by atoms with E-state index in [-0.39, 0.29) is 25.8 Å². The summed E-state index contributed by atoms with van der Waals surface area (Å²) in [5.41, 5.74) is 1.06. The summed E-state index contributed by atoms with van der Waals surface area (Å²) in [6.45, 7) is 0. The van der Waals surface area contributed by atoms with Gasteiger partial charge in [-0.2, -0.15) is 13.5 Å². The molecule has 1 aromatic heterocycles. The van der Waals surface area contributed by atoms with Gasteiger partial charge in [-0.1, -0.05) is 18.9 Å². The van der Waals surface area contributed by atoms with Crippen LogP contribution in [0, 0.1) is 5.92 Å². The Labute approximate surface area is 102 Å². The molecule has 1 N–H and O–H groups in total. The molecule has 88 valence electrons. The Bertz CT molecular complexity index is 338. The number of carboxylic acids is 1. The van der Waals surface area contributed by atoms with Gasteiger partial charge in [0.05, 0.1) is 6.42 Å². The van der Waals surface area contributed by atoms with E-state index in [1.807, 2.05) is 12.1 Å². The third-order valence-electron chi connectivity index (χ3n) is 2.89. The third-order valence-corrected chi connectivity index (χ3v) is 2.89. The van der Waals surface area contributed by atoms with Crippen LogP contribution < -0.4 is 0 Å². The second-order valence-corrected chi connectivity index (χ2v) is 4.26. The van der Waals surface area contributed by atoms with E-state index in [0.717, 1.165) is 17.9 Å². The number of carbonyl (C=O) groups is 1. The zero-order chi connectivity index (χ0) is 10.7. The van der Waals surface area contributed by atoms with E-state index in [2.05, 4.69) is 4.98 Å². The topological polar surface area (TPSA) is 50.2 Å². The molecule has 1 fully saturated rings. The van der Waals surface area contributed by atoms with E-state index < -0.39 is 5.97 Å². The van der Waals surface area contributed by atoms with Crippen LogP contribution in [-0.2, 0) is 4.79 Å². The summed E-state index contributed by atoms with van der Waals surface area (Å²) in [6.07, 6.45) is 7.25. The number of hydrogen-bond donors (Lipinski definition) is 1. The minimum atomic E-state index is -0.718. The van der Waals surface area contributed by atoms with Gasteiger partial charge < -0.3 is 5.11 Å². The highest BCUT2D eigenvalue weighted by atomic mass is 32.1. The second-order valence-electron chi connectivity index (χ2n) is 4.26. The number of hydrogen-bond acceptors (Lipinski definition) is 2. The maximum Gasteiger partial charge on any atom is 0.303 e. The Morgan fingerprint density at radius 1 is 1.56 bits per heavy atom. The molecule has 3 nitrogen and oxygen atoms in total. The van der Waals surface area contributed by atoms with Crippen molar-refractivity contribution in [2.75, 3.05) is 0 Å². The standard InChI is InChI=1S/C12H15NO2.H2S/c14-12(15)7-11(6-9-3-4-9)10-2-1-5-13-8-10;/h1-2,5,8-9,11H,3-4,6-7H2,(H,14,15);1H2/t11-;/m0./s1. The second kappa shape index (κ2) is 5.89. The zero-order valence-electron chi connectivity index (χ0n) is 9.10. The number of rotatable bonds is 5. The Kier molecular flexibility index (Phi) is 4.80. The van der Waals surface area contributed by atoms with Gasteiger partial charge in [0, 0.05) is 12.4 Å². The minimum absolute atomic E-state index is 0. The monoisotopic (exact) mass is 239 g/mol. The van der Waals surface area contributed by atoms with E-state index in [1.54, 1.807) is 12.4 Å². The molecule has 0 aromatic carbocycles. The summed E-state index contributed by atoms with van der Waals surface area (Å²) >= 11 is 0. The van der Waals surface area contributed by atoms with Crippen molar-refractivity contribution in [3.63, 3.8) is 0 Å². The van der Waals surface area contributed by atoms with Gasteiger partial charge in [0.15, 0.2) is 0 Å². The first-order valence-corrected chi connectivity index (χ1v) is 5.37. The lowest BCUT2D eigenvalue weighted by atomic mass is 9.92. The van der Waals surface area contributed by atoms with Gasteiger partial charge in [0.2, 0.25) is 0 Å². The smallest absolute Gasteiger partial charge is 0.303 e. The fourth-order valence-corrected chi connectivity index (χ4v) is 1.92. The van der Waals surface area contributed by atoms with Crippen LogP contribution in [0.2, 0.25) is 0 Å². The van der Waals surface area contributed by atoms with Crippen LogP contribution in [0.15, 0.2) is 24.5 Å². The molecule has 1 aromatic rings. The Morgan fingerprint density at radius 3 is 2.81 bits per heavy atom. The maximum absolute atomic E-state index is 10.8. The normalized spacial score (nSPS) is 16.2. The molecule has 1 aliphatic carbocycles. The Balaban J connectivity index is 0.00000128. The lowest BCUT2D eigenvalue weighted by Gasteiger charge is -2.13. The van der Waals surface area contributed by atoms with Gasteiger partial charge >= 0.3 is 5.97 Å². The molecule has 0 spiro atoms. The molecule has 0 amide bonds. The van der Waals surface area contributed by atoms with Crippen LogP contribution in [0.25, 0.3) is 0 Å². The minimum Gasteiger partial charge on any atom is -0.481 e.